The van der Waals surface area contributed by atoms with Crippen molar-refractivity contribution in [2.45, 2.75) is 53.3 Å². The third-order valence-corrected chi connectivity index (χ3v) is 16.5. The van der Waals surface area contributed by atoms with E-state index in [1.165, 1.54) is 27.1 Å². The summed E-state index contributed by atoms with van der Waals surface area (Å²) in [5.74, 6) is 0. The van der Waals surface area contributed by atoms with Crippen LogP contribution in [-0.4, -0.2) is 12.2 Å². The molecule has 1 aromatic rings. The van der Waals surface area contributed by atoms with Crippen LogP contribution in [0, 0.1) is 0 Å². The van der Waals surface area contributed by atoms with E-state index in [1.54, 1.807) is 9.45 Å². The number of hydrogen-bond acceptors (Lipinski definition) is 1. The van der Waals surface area contributed by atoms with E-state index in [2.05, 4.69) is 81.9 Å². The molecule has 1 aromatic carbocycles. The van der Waals surface area contributed by atoms with Crippen molar-refractivity contribution in [2.75, 3.05) is 0 Å². The first-order chi connectivity index (χ1) is 10.7. The van der Waals surface area contributed by atoms with Crippen molar-refractivity contribution in [3.63, 3.8) is 0 Å². The van der Waals surface area contributed by atoms with E-state index in [9.17, 15) is 0 Å². The zero-order valence-electron chi connectivity index (χ0n) is 16.2. The summed E-state index contributed by atoms with van der Waals surface area (Å²) >= 11 is -1.46. The Bertz CT molecular complexity index is 848. The number of allylic oxidation sites excluding steroid dienone is 2. The maximum Gasteiger partial charge on any atom is -1.00 e. The molecule has 2 aliphatic carbocycles. The maximum absolute atomic E-state index is 4.09. The molecular formula is C20H28Cl2NSiTi. The van der Waals surface area contributed by atoms with E-state index in [0.717, 1.165) is 0 Å². The molecule has 0 fully saturated rings. The molecule has 25 heavy (non-hydrogen) atoms. The van der Waals surface area contributed by atoms with Crippen molar-refractivity contribution in [1.82, 2.24) is 3.80 Å². The van der Waals surface area contributed by atoms with E-state index in [-0.39, 0.29) is 30.4 Å². The standard InChI is InChI=1S/C14H11.C4H10N.C2H7Si.2ClH.Ti/c1-9-6-13-7-11-4-3-5-12(11)8-14(13)10(9)2;1-4(2,3)5;1-3-2;;;/h3-5,7-8H,1-2H3;5H,1-3H3;3H,1-2H3;2*1H;/q;-1;;;;+3/p-2. The van der Waals surface area contributed by atoms with Crippen molar-refractivity contribution in [2.24, 2.45) is 0 Å². The Balaban J connectivity index is 0.00000156. The second-order valence-corrected chi connectivity index (χ2v) is 20.7. The van der Waals surface area contributed by atoms with Crippen molar-refractivity contribution in [3.05, 3.63) is 45.3 Å². The van der Waals surface area contributed by atoms with Crippen LogP contribution in [0.1, 0.15) is 45.7 Å². The molecule has 1 N–H and O–H groups in total. The fourth-order valence-corrected chi connectivity index (χ4v) is 14.9. The van der Waals surface area contributed by atoms with Gasteiger partial charge in [0.25, 0.3) is 0 Å². The molecule has 0 unspecified atom stereocenters. The van der Waals surface area contributed by atoms with Crippen LogP contribution in [0.2, 0.25) is 13.1 Å². The first-order valence-electron chi connectivity index (χ1n) is 8.59. The fraction of sp³-hybridized carbons (Fsp3) is 0.400. The van der Waals surface area contributed by atoms with Gasteiger partial charge in [-0.1, -0.05) is 0 Å². The molecule has 3 rings (SSSR count). The summed E-state index contributed by atoms with van der Waals surface area (Å²) in [5.41, 5.74) is 6.17. The van der Waals surface area contributed by atoms with E-state index in [0.29, 0.717) is 0 Å². The Labute approximate surface area is 172 Å². The summed E-state index contributed by atoms with van der Waals surface area (Å²) in [7, 11) is 0. The van der Waals surface area contributed by atoms with Crippen molar-refractivity contribution < 1.29 is 42.2 Å². The Morgan fingerprint density at radius 1 is 1.00 bits per heavy atom. The molecule has 0 saturated heterocycles. The minimum absolute atomic E-state index is 0. The maximum atomic E-state index is 4.09. The van der Waals surface area contributed by atoms with Gasteiger partial charge in [0.1, 0.15) is 0 Å². The van der Waals surface area contributed by atoms with E-state index in [4.69, 9.17) is 0 Å². The Morgan fingerprint density at radius 2 is 1.64 bits per heavy atom. The molecule has 0 amide bonds. The van der Waals surface area contributed by atoms with Gasteiger partial charge in [-0.05, 0) is 0 Å². The largest absolute Gasteiger partial charge is 1.00 e. The summed E-state index contributed by atoms with van der Waals surface area (Å²) < 4.78 is 5.81. The van der Waals surface area contributed by atoms with Crippen molar-refractivity contribution >= 4 is 28.3 Å². The third-order valence-electron chi connectivity index (χ3n) is 4.74. The molecule has 0 bridgehead atoms. The van der Waals surface area contributed by atoms with Crippen LogP contribution < -0.4 is 39.1 Å². The Morgan fingerprint density at radius 3 is 2.20 bits per heavy atom. The van der Waals surface area contributed by atoms with Gasteiger partial charge in [0, 0.05) is 0 Å². The number of rotatable bonds is 3. The first kappa shape index (κ1) is 23.0. The zero-order valence-corrected chi connectivity index (χ0v) is 20.4. The SMILES string of the molecule is CC1=[C]([Ti+2]([NH]C(C)(C)C)[SiH](C)C)c2cc3c(cc2=C1C)C=CC=3.[Cl-].[Cl-]. The van der Waals surface area contributed by atoms with E-state index in [1.807, 2.05) is 0 Å². The Hall–Kier alpha value is -0.0888. The summed E-state index contributed by atoms with van der Waals surface area (Å²) in [5, 5.41) is 2.87. The average molecular weight is 429 g/mol. The Kier molecular flexibility index (Phi) is 7.61. The number of nitrogens with one attached hydrogen (secondary N) is 1. The summed E-state index contributed by atoms with van der Waals surface area (Å²) in [6, 6.07) is 4.86. The van der Waals surface area contributed by atoms with Crippen LogP contribution >= 0.6 is 0 Å². The summed E-state index contributed by atoms with van der Waals surface area (Å²) in [6.45, 7) is 16.0. The van der Waals surface area contributed by atoms with Gasteiger partial charge in [0.05, 0.1) is 0 Å². The minimum atomic E-state index is -1.46. The molecule has 0 heterocycles. The zero-order chi connectivity index (χ0) is 16.9. The molecule has 0 saturated carbocycles. The summed E-state index contributed by atoms with van der Waals surface area (Å²) in [4.78, 5) is 0. The van der Waals surface area contributed by atoms with Gasteiger partial charge in [-0.3, -0.25) is 0 Å². The molecule has 5 heteroatoms. The van der Waals surface area contributed by atoms with Crippen LogP contribution in [0.5, 0.6) is 0 Å². The van der Waals surface area contributed by atoms with Gasteiger partial charge < -0.3 is 24.8 Å². The minimum Gasteiger partial charge on any atom is -1.00 e. The van der Waals surface area contributed by atoms with E-state index < -0.39 is 24.0 Å². The monoisotopic (exact) mass is 428 g/mol. The van der Waals surface area contributed by atoms with Gasteiger partial charge in [-0.15, -0.1) is 0 Å². The quantitative estimate of drug-likeness (QED) is 0.517. The topological polar surface area (TPSA) is 12.0 Å². The molecule has 0 radical (unpaired) electrons. The van der Waals surface area contributed by atoms with Crippen LogP contribution in [0.25, 0.3) is 21.6 Å². The molecule has 1 nitrogen and oxygen atoms in total. The molecular weight excluding hydrogens is 401 g/mol. The number of halogens is 2. The average Bonchev–Trinajstić information content (AvgIpc) is 2.98. The molecule has 2 aliphatic rings. The molecule has 0 spiro atoms. The smallest absolute Gasteiger partial charge is 1.00 e. The molecule has 0 atom stereocenters. The van der Waals surface area contributed by atoms with Gasteiger partial charge >= 0.3 is 148 Å². The summed E-state index contributed by atoms with van der Waals surface area (Å²) in [6.07, 6.45) is 6.66. The fourth-order valence-electron chi connectivity index (χ4n) is 3.53. The first-order valence-corrected chi connectivity index (χ1v) is 15.7. The van der Waals surface area contributed by atoms with Crippen LogP contribution in [0.3, 0.4) is 0 Å². The molecule has 0 aliphatic heterocycles. The number of benzene rings is 1. The van der Waals surface area contributed by atoms with Crippen LogP contribution in [-0.2, 0) is 17.4 Å². The van der Waals surface area contributed by atoms with Gasteiger partial charge in [-0.25, -0.2) is 0 Å². The van der Waals surface area contributed by atoms with E-state index >= 15 is 0 Å². The molecule has 0 aromatic heterocycles. The second-order valence-electron chi connectivity index (χ2n) is 8.12. The van der Waals surface area contributed by atoms with Crippen LogP contribution in [0.15, 0.2) is 23.8 Å². The third kappa shape index (κ3) is 4.43. The van der Waals surface area contributed by atoms with Gasteiger partial charge in [0.15, 0.2) is 0 Å². The normalized spacial score (nSPS) is 14.8. The number of hydrogen-bond donors (Lipinski definition) is 1. The van der Waals surface area contributed by atoms with Gasteiger partial charge in [0.2, 0.25) is 0 Å². The van der Waals surface area contributed by atoms with Crippen LogP contribution in [0.4, 0.5) is 0 Å². The number of fused-ring (bicyclic) bond motifs is 2. The van der Waals surface area contributed by atoms with Gasteiger partial charge in [-0.2, -0.15) is 0 Å². The predicted octanol–water partition coefficient (Wildman–Crippen LogP) is -2.68. The van der Waals surface area contributed by atoms with Crippen molar-refractivity contribution in [1.29, 1.82) is 0 Å². The second kappa shape index (κ2) is 8.29. The van der Waals surface area contributed by atoms with Crippen molar-refractivity contribution in [3.8, 4) is 0 Å². The molecule has 135 valence electrons. The predicted molar refractivity (Wildman–Crippen MR) is 103 cm³/mol.